The number of fused-ring (bicyclic) bond motifs is 1. The van der Waals surface area contributed by atoms with E-state index in [1.54, 1.807) is 55.3 Å². The largest absolute Gasteiger partial charge is 0.394 e. The number of likely N-dealkylation sites (N-methyl/N-ethyl adjacent to an activating group) is 1. The van der Waals surface area contributed by atoms with Gasteiger partial charge in [-0.1, -0.05) is 32.9 Å². The highest BCUT2D eigenvalue weighted by molar-refractivity contribution is 5.98. The number of hydrogen-bond donors (Lipinski definition) is 8. The molecular formula is C47H66N10O13. The van der Waals surface area contributed by atoms with E-state index in [1.807, 2.05) is 31.9 Å². The van der Waals surface area contributed by atoms with Gasteiger partial charge in [-0.05, 0) is 62.3 Å². The molecule has 0 bridgehead atoms. The van der Waals surface area contributed by atoms with Gasteiger partial charge in [0.1, 0.15) is 55.2 Å². The number of amides is 5. The zero-order valence-corrected chi connectivity index (χ0v) is 40.4. The summed E-state index contributed by atoms with van der Waals surface area (Å²) in [6.07, 6.45) is -9.24. The van der Waals surface area contributed by atoms with Gasteiger partial charge in [-0.2, -0.15) is 5.26 Å². The van der Waals surface area contributed by atoms with Crippen LogP contribution in [0.4, 0.5) is 16.3 Å². The summed E-state index contributed by atoms with van der Waals surface area (Å²) in [6, 6.07) is 8.82. The fourth-order valence-corrected chi connectivity index (χ4v) is 9.18. The minimum absolute atomic E-state index is 0.0946. The number of carbonyl (C=O) groups is 5. The molecule has 1 aromatic carbocycles. The van der Waals surface area contributed by atoms with Crippen molar-refractivity contribution in [1.82, 2.24) is 35.4 Å². The van der Waals surface area contributed by atoms with E-state index in [2.05, 4.69) is 38.2 Å². The van der Waals surface area contributed by atoms with Crippen molar-refractivity contribution in [2.45, 2.75) is 134 Å². The Bertz CT molecular complexity index is 2340. The lowest BCUT2D eigenvalue weighted by Gasteiger charge is -2.49. The number of anilines is 2. The lowest BCUT2D eigenvalue weighted by molar-refractivity contribution is -0.331. The summed E-state index contributed by atoms with van der Waals surface area (Å²) < 4.78 is 25.2. The van der Waals surface area contributed by atoms with Gasteiger partial charge in [0.2, 0.25) is 17.7 Å². The molecule has 3 saturated heterocycles. The number of nitrogens with one attached hydrogen (secondary N) is 4. The summed E-state index contributed by atoms with van der Waals surface area (Å²) in [4.78, 5) is 77.2. The second-order valence-electron chi connectivity index (χ2n) is 18.6. The molecule has 5 heterocycles. The number of ether oxygens (including phenoxy) is 4. The number of benzene rings is 1. The molecule has 8 N–H and O–H groups in total. The molecule has 0 aliphatic carbocycles. The number of likely N-dealkylation sites (tertiary alicyclic amines) is 1. The zero-order chi connectivity index (χ0) is 51.0. The number of carbonyl (C=O) groups excluding carboxylic acids is 5. The Morgan fingerprint density at radius 3 is 2.37 bits per heavy atom. The maximum atomic E-state index is 13.7. The predicted molar refractivity (Wildman–Crippen MR) is 251 cm³/mol. The Kier molecular flexibility index (Phi) is 18.2. The highest BCUT2D eigenvalue weighted by atomic mass is 16.7. The molecule has 23 nitrogen and oxygen atoms in total. The van der Waals surface area contributed by atoms with Crippen LogP contribution in [0.3, 0.4) is 0 Å². The van der Waals surface area contributed by atoms with Crippen molar-refractivity contribution in [2.24, 2.45) is 11.8 Å². The average molecular weight is 979 g/mol. The van der Waals surface area contributed by atoms with Crippen molar-refractivity contribution < 1.29 is 63.3 Å². The number of piperidine rings is 1. The topological polar surface area (TPSA) is 312 Å². The number of nitrogens with zero attached hydrogens (tertiary/aromatic N) is 6. The summed E-state index contributed by atoms with van der Waals surface area (Å²) in [7, 11) is 1.87. The molecule has 0 radical (unpaired) electrons. The van der Waals surface area contributed by atoms with Crippen LogP contribution in [0, 0.1) is 23.2 Å². The fraction of sp³-hybridized carbons (Fsp3) is 0.617. The number of aliphatic hydroxyl groups is 4. The van der Waals surface area contributed by atoms with Gasteiger partial charge >= 0.3 is 6.03 Å². The third-order valence-electron chi connectivity index (χ3n) is 12.9. The molecule has 5 amide bonds. The maximum absolute atomic E-state index is 13.7. The molecule has 2 aromatic heterocycles. The first-order valence-electron chi connectivity index (χ1n) is 23.5. The van der Waals surface area contributed by atoms with Crippen molar-refractivity contribution in [3.63, 3.8) is 0 Å². The zero-order valence-electron chi connectivity index (χ0n) is 40.4. The first-order chi connectivity index (χ1) is 33.3. The van der Waals surface area contributed by atoms with Crippen LogP contribution in [-0.2, 0) is 44.5 Å². The molecule has 3 fully saturated rings. The van der Waals surface area contributed by atoms with E-state index >= 15 is 0 Å². The van der Waals surface area contributed by atoms with Gasteiger partial charge in [0.05, 0.1) is 48.9 Å². The Hall–Kier alpha value is -5.84. The first-order valence-corrected chi connectivity index (χ1v) is 23.5. The van der Waals surface area contributed by atoms with Crippen LogP contribution in [0.1, 0.15) is 59.9 Å². The van der Waals surface area contributed by atoms with E-state index in [4.69, 9.17) is 24.2 Å². The van der Waals surface area contributed by atoms with Gasteiger partial charge in [-0.3, -0.25) is 23.7 Å². The van der Waals surface area contributed by atoms with E-state index < -0.39 is 97.6 Å². The fourth-order valence-electron chi connectivity index (χ4n) is 9.18. The second kappa shape index (κ2) is 23.8. The minimum Gasteiger partial charge on any atom is -0.394 e. The minimum atomic E-state index is -1.75. The summed E-state index contributed by atoms with van der Waals surface area (Å²) in [5.41, 5.74) is 1.56. The predicted octanol–water partition coefficient (Wildman–Crippen LogP) is -0.220. The Morgan fingerprint density at radius 2 is 1.71 bits per heavy atom. The van der Waals surface area contributed by atoms with Gasteiger partial charge in [-0.15, -0.1) is 0 Å². The van der Waals surface area contributed by atoms with E-state index in [9.17, 15) is 44.4 Å². The van der Waals surface area contributed by atoms with E-state index in [0.717, 1.165) is 12.0 Å². The van der Waals surface area contributed by atoms with Crippen LogP contribution in [0.15, 0.2) is 42.9 Å². The second-order valence-corrected chi connectivity index (χ2v) is 18.6. The van der Waals surface area contributed by atoms with Crippen LogP contribution in [-0.4, -0.2) is 183 Å². The van der Waals surface area contributed by atoms with Crippen molar-refractivity contribution >= 4 is 52.2 Å². The third kappa shape index (κ3) is 12.5. The molecule has 10 unspecified atom stereocenters. The molecule has 3 aromatic rings. The van der Waals surface area contributed by atoms with Crippen molar-refractivity contribution in [3.8, 4) is 6.07 Å². The van der Waals surface area contributed by atoms with Crippen LogP contribution in [0.25, 0.3) is 11.0 Å². The molecule has 0 spiro atoms. The number of aliphatic hydroxyl groups excluding tert-OH is 4. The molecule has 23 heteroatoms. The van der Waals surface area contributed by atoms with Crippen LogP contribution in [0.2, 0.25) is 0 Å². The molecule has 382 valence electrons. The molecule has 3 aliphatic heterocycles. The standard InChI is InChI=1S/C47H66N10O13/c1-24(2)39-35(53-27(6)59)40(36(62)32(22-58)68-39)69-46-38(64)37(63)41(67-25(3)4)42(70-46)45(65)49-17-13-28-8-10-29(11-9-28)54-33(60)20-50-47(66)57-19-15-30-43(51-23-52-44(30)57)55(7)31-21-56(18-14-26(31)5)34(61)12-16-48/h8-11,15,19,23-26,31-32,35-42,46,58,62-64H,12-14,17-18,20-22H2,1-7H3,(H,49,65)(H,50,66)(H,53,59)(H,54,60)/t26-,31+,32?,35?,36?,37?,38?,39?,40?,41?,42?,46?/m1/s1. The average Bonchev–Trinajstić information content (AvgIpc) is 3.76. The van der Waals surface area contributed by atoms with Crippen LogP contribution in [0.5, 0.6) is 0 Å². The van der Waals surface area contributed by atoms with Gasteiger partial charge in [0.25, 0.3) is 5.91 Å². The highest BCUT2D eigenvalue weighted by Crippen LogP contribution is 2.33. The van der Waals surface area contributed by atoms with Crippen molar-refractivity contribution in [2.75, 3.05) is 50.1 Å². The molecule has 3 aliphatic rings. The number of aromatic nitrogens is 3. The third-order valence-corrected chi connectivity index (χ3v) is 12.9. The van der Waals surface area contributed by atoms with E-state index in [-0.39, 0.29) is 43.3 Å². The molecule has 12 atom stereocenters. The SMILES string of the molecule is CC(=O)NC1C(C(C)C)OC(CO)C(O)C1OC1OC(C(=O)NCCc2ccc(NC(=O)CNC(=O)n3ccc4c(N(C)[C@H]5CN(C(=O)CC#N)CC[C@H]5C)ncnc43)cc2)C(OC(C)C)C(O)C1O. The maximum Gasteiger partial charge on any atom is 0.327 e. The molecule has 0 saturated carbocycles. The summed E-state index contributed by atoms with van der Waals surface area (Å²) in [6.45, 7) is 10.6. The normalized spacial score (nSPS) is 28.0. The lowest BCUT2D eigenvalue weighted by Crippen LogP contribution is -2.69. The summed E-state index contributed by atoms with van der Waals surface area (Å²) >= 11 is 0. The monoisotopic (exact) mass is 978 g/mol. The Morgan fingerprint density at radius 1 is 0.986 bits per heavy atom. The number of nitriles is 1. The summed E-state index contributed by atoms with van der Waals surface area (Å²) in [5.74, 6) is -1.28. The van der Waals surface area contributed by atoms with Crippen LogP contribution >= 0.6 is 0 Å². The first kappa shape index (κ1) is 53.5. The number of hydrogen-bond acceptors (Lipinski definition) is 17. The highest BCUT2D eigenvalue weighted by Gasteiger charge is 2.53. The summed E-state index contributed by atoms with van der Waals surface area (Å²) in [5, 5.41) is 64.1. The molecule has 6 rings (SSSR count). The Labute approximate surface area is 405 Å². The van der Waals surface area contributed by atoms with Gasteiger partial charge in [0, 0.05) is 45.5 Å². The van der Waals surface area contributed by atoms with E-state index in [0.29, 0.717) is 42.0 Å². The van der Waals surface area contributed by atoms with Crippen LogP contribution < -0.4 is 26.2 Å². The van der Waals surface area contributed by atoms with E-state index in [1.165, 1.54) is 17.8 Å². The van der Waals surface area contributed by atoms with Gasteiger partial charge in [0.15, 0.2) is 18.0 Å². The quantitative estimate of drug-likeness (QED) is 0.0867. The van der Waals surface area contributed by atoms with Crippen molar-refractivity contribution in [1.29, 1.82) is 5.26 Å². The Balaban J connectivity index is 1.02. The molecule has 70 heavy (non-hydrogen) atoms. The smallest absolute Gasteiger partial charge is 0.327 e. The van der Waals surface area contributed by atoms with Crippen molar-refractivity contribution in [3.05, 3.63) is 48.4 Å². The van der Waals surface area contributed by atoms with Gasteiger partial charge < -0.3 is 70.4 Å². The number of rotatable bonds is 17. The van der Waals surface area contributed by atoms with Gasteiger partial charge in [-0.25, -0.2) is 14.8 Å². The lowest BCUT2D eigenvalue weighted by atomic mass is 9.87. The molecular weight excluding hydrogens is 913 g/mol.